The SMILES string of the molecule is CCN=C=NCCCN(C)C.[Fe].[cH-]1[cH-][cH-][cH-][cH-]1.c1ccc(P(c2ccccc2)c2ccc[c-]2P(c2ccccc2)c2ccccc2)cc1. The molecule has 0 aliphatic heterocycles. The predicted octanol–water partition coefficient (Wildman–Crippen LogP) is 7.46. The van der Waals surface area contributed by atoms with Crippen molar-refractivity contribution in [3.8, 4) is 0 Å². The first kappa shape index (κ1) is 38.7. The molecule has 3 nitrogen and oxygen atoms in total. The molecular weight excluding hydrogens is 664 g/mol. The van der Waals surface area contributed by atoms with E-state index in [2.05, 4.69) is 175 Å². The van der Waals surface area contributed by atoms with Gasteiger partial charge in [-0.15, -0.1) is 10.6 Å². The molecule has 0 heterocycles. The summed E-state index contributed by atoms with van der Waals surface area (Å²) < 4.78 is 0. The summed E-state index contributed by atoms with van der Waals surface area (Å²) in [5, 5.41) is 8.51. The zero-order chi connectivity index (χ0) is 32.9. The third kappa shape index (κ3) is 12.7. The van der Waals surface area contributed by atoms with Crippen LogP contribution in [0.15, 0.2) is 180 Å². The quantitative estimate of drug-likeness (QED) is 0.0452. The van der Waals surface area contributed by atoms with Crippen molar-refractivity contribution in [2.75, 3.05) is 33.7 Å². The van der Waals surface area contributed by atoms with Crippen LogP contribution in [0.1, 0.15) is 13.3 Å². The van der Waals surface area contributed by atoms with Crippen molar-refractivity contribution in [1.29, 1.82) is 0 Å². The van der Waals surface area contributed by atoms with Gasteiger partial charge in [0.1, 0.15) is 0 Å². The van der Waals surface area contributed by atoms with Crippen molar-refractivity contribution in [2.24, 2.45) is 9.98 Å². The molecule has 0 amide bonds. The molecule has 6 heteroatoms. The van der Waals surface area contributed by atoms with Crippen LogP contribution in [0.3, 0.4) is 0 Å². The number of aliphatic imine (C=N–C) groups is 2. The van der Waals surface area contributed by atoms with E-state index < -0.39 is 15.8 Å². The summed E-state index contributed by atoms with van der Waals surface area (Å²) in [5.41, 5.74) is 0. The summed E-state index contributed by atoms with van der Waals surface area (Å²) in [4.78, 5) is 9.99. The zero-order valence-electron chi connectivity index (χ0n) is 28.1. The first-order chi connectivity index (χ1) is 23.2. The third-order valence-corrected chi connectivity index (χ3v) is 12.2. The maximum Gasteiger partial charge on any atom is 0.0892 e. The number of benzene rings is 4. The molecule has 0 fully saturated rings. The maximum absolute atomic E-state index is 3.99. The normalized spacial score (nSPS) is 10.2. The van der Waals surface area contributed by atoms with Gasteiger partial charge in [0.2, 0.25) is 0 Å². The minimum absolute atomic E-state index is 0. The molecule has 0 saturated carbocycles. The number of hydrogen-bond acceptors (Lipinski definition) is 3. The molecule has 48 heavy (non-hydrogen) atoms. The van der Waals surface area contributed by atoms with Crippen molar-refractivity contribution < 1.29 is 17.1 Å². The smallest absolute Gasteiger partial charge is 0.0892 e. The molecule has 0 unspecified atom stereocenters. The first-order valence-corrected chi connectivity index (χ1v) is 18.8. The van der Waals surface area contributed by atoms with Crippen LogP contribution in [0.2, 0.25) is 0 Å². The Morgan fingerprint density at radius 1 is 0.604 bits per heavy atom. The van der Waals surface area contributed by atoms with Crippen LogP contribution in [0.4, 0.5) is 0 Å². The van der Waals surface area contributed by atoms with Gasteiger partial charge >= 0.3 is 0 Å². The topological polar surface area (TPSA) is 28.0 Å². The van der Waals surface area contributed by atoms with Gasteiger partial charge in [-0.3, -0.25) is 0 Å². The predicted molar refractivity (Wildman–Crippen MR) is 210 cm³/mol. The molecule has 0 radical (unpaired) electrons. The van der Waals surface area contributed by atoms with Gasteiger partial charge in [-0.05, 0) is 63.1 Å². The molecule has 0 aliphatic carbocycles. The Hall–Kier alpha value is -3.70. The minimum atomic E-state index is -0.627. The third-order valence-electron chi connectivity index (χ3n) is 7.04. The first-order valence-electron chi connectivity index (χ1n) is 16.1. The van der Waals surface area contributed by atoms with Gasteiger partial charge in [-0.25, -0.2) is 22.1 Å². The molecule has 0 aliphatic rings. The molecule has 0 atom stereocenters. The largest absolute Gasteiger partial charge is 0.748 e. The Bertz CT molecular complexity index is 1500. The van der Waals surface area contributed by atoms with Crippen LogP contribution < -0.4 is 31.8 Å². The Balaban J connectivity index is 0.000000306. The van der Waals surface area contributed by atoms with Gasteiger partial charge in [0.05, 0.1) is 12.6 Å². The van der Waals surface area contributed by atoms with E-state index in [1.807, 2.05) is 37.3 Å². The summed E-state index contributed by atoms with van der Waals surface area (Å²) in [6.07, 6.45) is 1.08. The molecule has 252 valence electrons. The fourth-order valence-electron chi connectivity index (χ4n) is 4.90. The van der Waals surface area contributed by atoms with Gasteiger partial charge in [-0.2, -0.15) is 6.07 Å². The Morgan fingerprint density at radius 3 is 1.46 bits per heavy atom. The average Bonchev–Trinajstić information content (AvgIpc) is 3.86. The minimum Gasteiger partial charge on any atom is -0.748 e. The summed E-state index contributed by atoms with van der Waals surface area (Å²) in [5.74, 6) is 0. The molecule has 6 aromatic rings. The summed E-state index contributed by atoms with van der Waals surface area (Å²) in [7, 11) is 2.87. The van der Waals surface area contributed by atoms with E-state index in [-0.39, 0.29) is 17.1 Å². The zero-order valence-corrected chi connectivity index (χ0v) is 31.0. The monoisotopic (exact) mass is 709 g/mol. The van der Waals surface area contributed by atoms with Crippen molar-refractivity contribution in [2.45, 2.75) is 13.3 Å². The van der Waals surface area contributed by atoms with E-state index in [4.69, 9.17) is 0 Å². The number of rotatable bonds is 11. The Kier molecular flexibility index (Phi) is 18.4. The van der Waals surface area contributed by atoms with Crippen LogP contribution in [0.5, 0.6) is 0 Å². The Morgan fingerprint density at radius 2 is 1.04 bits per heavy atom. The van der Waals surface area contributed by atoms with E-state index >= 15 is 0 Å². The van der Waals surface area contributed by atoms with Crippen LogP contribution >= 0.6 is 15.8 Å². The fraction of sp³-hybridized carbons (Fsp3) is 0.167. The molecule has 0 bridgehead atoms. The van der Waals surface area contributed by atoms with E-state index in [0.717, 1.165) is 26.1 Å². The van der Waals surface area contributed by atoms with E-state index in [1.165, 1.54) is 31.8 Å². The second-order valence-corrected chi connectivity index (χ2v) is 15.3. The molecule has 6 aromatic carbocycles. The van der Waals surface area contributed by atoms with Gasteiger partial charge in [0, 0.05) is 23.6 Å². The van der Waals surface area contributed by atoms with Gasteiger partial charge in [0.25, 0.3) is 0 Å². The second kappa shape index (κ2) is 22.8. The molecular formula is C42H45FeN3P2-6. The van der Waals surface area contributed by atoms with Crippen LogP contribution in [-0.2, 0) is 17.1 Å². The average molecular weight is 710 g/mol. The molecule has 0 aromatic heterocycles. The van der Waals surface area contributed by atoms with Gasteiger partial charge in [-0.1, -0.05) is 129 Å². The molecule has 0 spiro atoms. The van der Waals surface area contributed by atoms with E-state index in [1.54, 1.807) is 0 Å². The fourth-order valence-corrected chi connectivity index (χ4v) is 10.2. The van der Waals surface area contributed by atoms with Crippen molar-refractivity contribution in [3.63, 3.8) is 0 Å². The standard InChI is InChI=1S/C29H23P2.C8H17N3.C5H5.Fe/c1-5-14-24(15-6-1)30(25-16-7-2-8-17-25)28-22-13-23-29(28)31(26-18-9-3-10-19-26)27-20-11-4-12-21-27;1-4-9-8-10-6-5-7-11(2)3;1-2-4-5-3-1;/h1-23H;4-7H2,1-3H3;1-5H;/q-1;;-5;. The summed E-state index contributed by atoms with van der Waals surface area (Å²) in [6, 6.07) is 63.5. The summed E-state index contributed by atoms with van der Waals surface area (Å²) in [6.45, 7) is 4.67. The van der Waals surface area contributed by atoms with Gasteiger partial charge < -0.3 is 35.2 Å². The maximum atomic E-state index is 3.99. The summed E-state index contributed by atoms with van der Waals surface area (Å²) >= 11 is 0. The molecule has 6 rings (SSSR count). The van der Waals surface area contributed by atoms with Crippen LogP contribution in [-0.4, -0.2) is 44.6 Å². The van der Waals surface area contributed by atoms with Crippen LogP contribution in [0.25, 0.3) is 0 Å². The second-order valence-electron chi connectivity index (χ2n) is 10.9. The van der Waals surface area contributed by atoms with Crippen LogP contribution in [0, 0.1) is 0 Å². The number of hydrogen-bond donors (Lipinski definition) is 0. The van der Waals surface area contributed by atoms with E-state index in [9.17, 15) is 0 Å². The number of nitrogens with zero attached hydrogens (tertiary/aromatic N) is 3. The Labute approximate surface area is 301 Å². The van der Waals surface area contributed by atoms with Crippen molar-refractivity contribution in [1.82, 2.24) is 4.90 Å². The van der Waals surface area contributed by atoms with Crippen molar-refractivity contribution >= 4 is 53.7 Å². The van der Waals surface area contributed by atoms with E-state index in [0.29, 0.717) is 0 Å². The van der Waals surface area contributed by atoms with Gasteiger partial charge in [0.15, 0.2) is 0 Å². The molecule has 0 saturated heterocycles. The molecule has 0 N–H and O–H groups in total. The van der Waals surface area contributed by atoms with Crippen molar-refractivity contribution in [3.05, 3.63) is 170 Å².